The van der Waals surface area contributed by atoms with E-state index in [1.807, 2.05) is 6.92 Å². The van der Waals surface area contributed by atoms with Gasteiger partial charge in [-0.3, -0.25) is 9.59 Å². The molecule has 0 saturated carbocycles. The number of esters is 1. The molecule has 0 spiro atoms. The van der Waals surface area contributed by atoms with Crippen molar-refractivity contribution >= 4 is 11.9 Å². The lowest BCUT2D eigenvalue weighted by Crippen LogP contribution is -2.50. The Morgan fingerprint density at radius 3 is 2.65 bits per heavy atom. The fraction of sp³-hybridized carbons (Fsp3) is 0.704. The summed E-state index contributed by atoms with van der Waals surface area (Å²) in [6.45, 7) is 12.2. The molecule has 1 N–H and O–H groups in total. The number of methoxy groups -OCH3 is 1. The topological polar surface area (TPSA) is 83.1 Å². The number of allylic oxidation sites excluding steroid dienone is 2. The number of ether oxygens (including phenoxy) is 4. The summed E-state index contributed by atoms with van der Waals surface area (Å²) >= 11 is 0. The van der Waals surface area contributed by atoms with Gasteiger partial charge in [0, 0.05) is 26.5 Å². The molecule has 0 aromatic rings. The van der Waals surface area contributed by atoms with Crippen LogP contribution in [-0.2, 0) is 28.5 Å². The second-order valence-corrected chi connectivity index (χ2v) is 9.94. The van der Waals surface area contributed by atoms with Crippen molar-refractivity contribution in [2.75, 3.05) is 13.7 Å². The molecule has 2 heterocycles. The minimum atomic E-state index is -0.440. The van der Waals surface area contributed by atoms with Crippen LogP contribution in [0.5, 0.6) is 0 Å². The molecule has 2 aliphatic heterocycles. The average molecular weight is 478 g/mol. The van der Waals surface area contributed by atoms with E-state index in [4.69, 9.17) is 18.9 Å². The first kappa shape index (κ1) is 28.3. The van der Waals surface area contributed by atoms with Crippen LogP contribution in [0.1, 0.15) is 67.2 Å². The van der Waals surface area contributed by atoms with Gasteiger partial charge in [-0.1, -0.05) is 30.7 Å². The first-order chi connectivity index (χ1) is 16.0. The lowest BCUT2D eigenvalue weighted by atomic mass is 9.88. The van der Waals surface area contributed by atoms with E-state index < -0.39 is 6.10 Å². The molecule has 2 aliphatic rings. The minimum Gasteiger partial charge on any atom is -0.459 e. The monoisotopic (exact) mass is 477 g/mol. The maximum absolute atomic E-state index is 12.3. The molecule has 7 nitrogen and oxygen atoms in total. The fourth-order valence-electron chi connectivity index (χ4n) is 4.42. The zero-order chi connectivity index (χ0) is 25.3. The molecular formula is C27H43NO6. The van der Waals surface area contributed by atoms with Crippen LogP contribution in [0.25, 0.3) is 0 Å². The van der Waals surface area contributed by atoms with E-state index in [9.17, 15) is 9.59 Å². The SMILES string of the molecule is COC1(C)CCOC(/C=C/C(C)=C/C[C@@H]2OC(C)C(NC(=O)/C=C\C(C)OC(C)=O)CC2C)C1. The number of hydrogen-bond donors (Lipinski definition) is 1. The zero-order valence-electron chi connectivity index (χ0n) is 21.8. The number of rotatable bonds is 9. The molecule has 7 atom stereocenters. The van der Waals surface area contributed by atoms with E-state index in [0.717, 1.165) is 25.7 Å². The van der Waals surface area contributed by atoms with Crippen molar-refractivity contribution in [1.82, 2.24) is 5.32 Å². The number of amides is 1. The molecule has 6 unspecified atom stereocenters. The van der Waals surface area contributed by atoms with Crippen LogP contribution in [0.15, 0.2) is 36.0 Å². The summed E-state index contributed by atoms with van der Waals surface area (Å²) in [5.41, 5.74) is 1.06. The summed E-state index contributed by atoms with van der Waals surface area (Å²) in [4.78, 5) is 23.3. The number of hydrogen-bond acceptors (Lipinski definition) is 6. The molecule has 0 aromatic carbocycles. The van der Waals surface area contributed by atoms with Gasteiger partial charge in [0.15, 0.2) is 0 Å². The largest absolute Gasteiger partial charge is 0.459 e. The fourth-order valence-corrected chi connectivity index (χ4v) is 4.42. The Labute approximate surface area is 204 Å². The number of carbonyl (C=O) groups excluding carboxylic acids is 2. The van der Waals surface area contributed by atoms with Gasteiger partial charge in [0.2, 0.25) is 5.91 Å². The average Bonchev–Trinajstić information content (AvgIpc) is 2.77. The van der Waals surface area contributed by atoms with E-state index >= 15 is 0 Å². The van der Waals surface area contributed by atoms with Gasteiger partial charge in [0.25, 0.3) is 0 Å². The highest BCUT2D eigenvalue weighted by atomic mass is 16.5. The van der Waals surface area contributed by atoms with Gasteiger partial charge in [0.1, 0.15) is 6.10 Å². The highest BCUT2D eigenvalue weighted by Gasteiger charge is 2.34. The molecule has 0 radical (unpaired) electrons. The Bertz CT molecular complexity index is 775. The van der Waals surface area contributed by atoms with Crippen molar-refractivity contribution < 1.29 is 28.5 Å². The maximum Gasteiger partial charge on any atom is 0.303 e. The highest BCUT2D eigenvalue weighted by molar-refractivity contribution is 5.87. The zero-order valence-corrected chi connectivity index (χ0v) is 21.8. The molecule has 0 aliphatic carbocycles. The number of carbonyl (C=O) groups is 2. The lowest BCUT2D eigenvalue weighted by molar-refractivity contribution is -0.143. The predicted octanol–water partition coefficient (Wildman–Crippen LogP) is 4.27. The molecule has 0 aromatic heterocycles. The first-order valence-electron chi connectivity index (χ1n) is 12.3. The summed E-state index contributed by atoms with van der Waals surface area (Å²) in [5.74, 6) is -0.272. The van der Waals surface area contributed by atoms with Gasteiger partial charge in [-0.15, -0.1) is 0 Å². The van der Waals surface area contributed by atoms with Crippen LogP contribution in [0.2, 0.25) is 0 Å². The van der Waals surface area contributed by atoms with Crippen molar-refractivity contribution in [3.63, 3.8) is 0 Å². The van der Waals surface area contributed by atoms with Gasteiger partial charge in [0.05, 0.1) is 36.6 Å². The first-order valence-corrected chi connectivity index (χ1v) is 12.3. The van der Waals surface area contributed by atoms with Crippen molar-refractivity contribution in [2.45, 2.75) is 103 Å². The van der Waals surface area contributed by atoms with Crippen molar-refractivity contribution in [3.05, 3.63) is 36.0 Å². The Balaban J connectivity index is 1.82. The predicted molar refractivity (Wildman–Crippen MR) is 132 cm³/mol. The highest BCUT2D eigenvalue weighted by Crippen LogP contribution is 2.29. The van der Waals surface area contributed by atoms with Gasteiger partial charge in [-0.25, -0.2) is 0 Å². The molecule has 2 fully saturated rings. The third-order valence-electron chi connectivity index (χ3n) is 6.75. The van der Waals surface area contributed by atoms with Crippen molar-refractivity contribution in [1.29, 1.82) is 0 Å². The molecule has 0 bridgehead atoms. The van der Waals surface area contributed by atoms with E-state index in [1.54, 1.807) is 20.1 Å². The Hall–Kier alpha value is -1.96. The Kier molecular flexibility index (Phi) is 11.0. The minimum absolute atomic E-state index is 0.0593. The molecule has 1 amide bonds. The molecule has 2 saturated heterocycles. The quantitative estimate of drug-likeness (QED) is 0.303. The summed E-state index contributed by atoms with van der Waals surface area (Å²) in [6.07, 6.45) is 12.5. The van der Waals surface area contributed by atoms with Gasteiger partial charge in [-0.05, 0) is 59.0 Å². The second kappa shape index (κ2) is 13.2. The molecule has 34 heavy (non-hydrogen) atoms. The van der Waals surface area contributed by atoms with Gasteiger partial charge < -0.3 is 24.3 Å². The van der Waals surface area contributed by atoms with E-state index in [1.165, 1.54) is 18.6 Å². The van der Waals surface area contributed by atoms with Crippen LogP contribution >= 0.6 is 0 Å². The van der Waals surface area contributed by atoms with E-state index in [0.29, 0.717) is 12.5 Å². The third kappa shape index (κ3) is 9.35. The van der Waals surface area contributed by atoms with Gasteiger partial charge >= 0.3 is 5.97 Å². The summed E-state index contributed by atoms with van der Waals surface area (Å²) in [5, 5.41) is 3.02. The van der Waals surface area contributed by atoms with E-state index in [-0.39, 0.29) is 41.8 Å². The lowest BCUT2D eigenvalue weighted by Gasteiger charge is -2.39. The van der Waals surface area contributed by atoms with Crippen LogP contribution in [0.3, 0.4) is 0 Å². The standard InChI is InChI=1S/C27H43NO6/c1-18(8-11-23-17-27(6,31-7)14-15-32-23)9-12-25-19(2)16-24(21(4)34-25)28-26(30)13-10-20(3)33-22(5)29/h8-11,13,19-21,23-25H,12,14-17H2,1-7H3,(H,28,30)/b11-8+,13-10-,18-9+/t19?,20?,21?,23?,24?,25-,27?/m0/s1. The third-order valence-corrected chi connectivity index (χ3v) is 6.75. The molecule has 2 rings (SSSR count). The van der Waals surface area contributed by atoms with Crippen LogP contribution in [-0.4, -0.2) is 61.7 Å². The smallest absolute Gasteiger partial charge is 0.303 e. The van der Waals surface area contributed by atoms with E-state index in [2.05, 4.69) is 44.3 Å². The maximum atomic E-state index is 12.3. The van der Waals surface area contributed by atoms with Gasteiger partial charge in [-0.2, -0.15) is 0 Å². The molecular weight excluding hydrogens is 434 g/mol. The Morgan fingerprint density at radius 2 is 1.97 bits per heavy atom. The van der Waals surface area contributed by atoms with Crippen LogP contribution in [0, 0.1) is 5.92 Å². The Morgan fingerprint density at radius 1 is 1.24 bits per heavy atom. The van der Waals surface area contributed by atoms with Crippen LogP contribution in [0.4, 0.5) is 0 Å². The molecule has 192 valence electrons. The van der Waals surface area contributed by atoms with Crippen LogP contribution < -0.4 is 5.32 Å². The molecule has 7 heteroatoms. The summed E-state index contributed by atoms with van der Waals surface area (Å²) in [7, 11) is 1.77. The second-order valence-electron chi connectivity index (χ2n) is 9.94. The van der Waals surface area contributed by atoms with Crippen molar-refractivity contribution in [3.8, 4) is 0 Å². The summed E-state index contributed by atoms with van der Waals surface area (Å²) < 4.78 is 22.8. The van der Waals surface area contributed by atoms with Crippen molar-refractivity contribution in [2.24, 2.45) is 5.92 Å². The number of nitrogens with one attached hydrogen (secondary N) is 1. The summed E-state index contributed by atoms with van der Waals surface area (Å²) in [6, 6.07) is -0.0593. The normalized spacial score (nSPS) is 33.7.